The van der Waals surface area contributed by atoms with Gasteiger partial charge in [-0.15, -0.1) is 6.58 Å². The first-order valence-corrected chi connectivity index (χ1v) is 10.8. The first-order valence-electron chi connectivity index (χ1n) is 10.8. The number of nitrogens with zero attached hydrogens (tertiary/aromatic N) is 1. The van der Waals surface area contributed by atoms with Gasteiger partial charge in [0, 0.05) is 11.8 Å². The van der Waals surface area contributed by atoms with E-state index < -0.39 is 0 Å². The van der Waals surface area contributed by atoms with E-state index in [1.807, 2.05) is 43.3 Å². The number of amides is 1. The van der Waals surface area contributed by atoms with Gasteiger partial charge in [0.25, 0.3) is 0 Å². The number of carbonyl (C=O) groups is 1. The van der Waals surface area contributed by atoms with E-state index in [0.717, 1.165) is 48.1 Å². The Balaban J connectivity index is 1.95. The number of hydrogen-bond donors (Lipinski definition) is 3. The summed E-state index contributed by atoms with van der Waals surface area (Å²) in [4.78, 5) is 17.1. The van der Waals surface area contributed by atoms with Crippen LogP contribution in [-0.2, 0) is 4.79 Å². The maximum atomic E-state index is 12.5. The Kier molecular flexibility index (Phi) is 9.55. The largest absolute Gasteiger partial charge is 0.394 e. The number of anilines is 2. The maximum Gasteiger partial charge on any atom is 0.224 e. The quantitative estimate of drug-likeness (QED) is 0.394. The molecule has 1 aromatic heterocycles. The van der Waals surface area contributed by atoms with E-state index in [1.54, 1.807) is 0 Å². The van der Waals surface area contributed by atoms with Crippen molar-refractivity contribution in [2.75, 3.05) is 17.2 Å². The standard InChI is InChI=1S/C25H35N3O2/c1-5-9-18(3)16-19(4)10-7-13-25(30)28-23-12-8-11-22-21(23)14-15-24(27-22)26-20(6-2)17-29/h5,8,11-12,14-16,19-20,29H,1,6-7,9-10,13,17H2,2-4H3,(H,26,27)(H,28,30)/b18-16+. The van der Waals surface area contributed by atoms with Gasteiger partial charge in [-0.3, -0.25) is 4.79 Å². The van der Waals surface area contributed by atoms with Crippen LogP contribution < -0.4 is 10.6 Å². The summed E-state index contributed by atoms with van der Waals surface area (Å²) in [6, 6.07) is 9.55. The number of rotatable bonds is 12. The van der Waals surface area contributed by atoms with Crippen molar-refractivity contribution in [1.82, 2.24) is 4.98 Å². The van der Waals surface area contributed by atoms with E-state index in [-0.39, 0.29) is 18.6 Å². The lowest BCUT2D eigenvalue weighted by molar-refractivity contribution is -0.116. The molecule has 2 atom stereocenters. The van der Waals surface area contributed by atoms with Crippen molar-refractivity contribution in [3.8, 4) is 0 Å². The summed E-state index contributed by atoms with van der Waals surface area (Å²) in [6.07, 6.45) is 8.24. The average Bonchev–Trinajstić information content (AvgIpc) is 2.72. The third kappa shape index (κ3) is 7.30. The minimum absolute atomic E-state index is 0.0179. The first-order chi connectivity index (χ1) is 14.5. The molecule has 0 spiro atoms. The molecule has 30 heavy (non-hydrogen) atoms. The van der Waals surface area contributed by atoms with Crippen molar-refractivity contribution in [2.24, 2.45) is 5.92 Å². The minimum Gasteiger partial charge on any atom is -0.394 e. The lowest BCUT2D eigenvalue weighted by Gasteiger charge is -2.15. The fourth-order valence-electron chi connectivity index (χ4n) is 3.49. The highest BCUT2D eigenvalue weighted by Crippen LogP contribution is 2.24. The Hall–Kier alpha value is -2.66. The van der Waals surface area contributed by atoms with Crippen molar-refractivity contribution in [2.45, 2.75) is 58.9 Å². The summed E-state index contributed by atoms with van der Waals surface area (Å²) in [5, 5.41) is 16.5. The molecule has 1 amide bonds. The van der Waals surface area contributed by atoms with Crippen molar-refractivity contribution in [3.63, 3.8) is 0 Å². The van der Waals surface area contributed by atoms with E-state index >= 15 is 0 Å². The van der Waals surface area contributed by atoms with Gasteiger partial charge in [0.15, 0.2) is 0 Å². The van der Waals surface area contributed by atoms with Crippen LogP contribution in [0.1, 0.15) is 52.9 Å². The van der Waals surface area contributed by atoms with Gasteiger partial charge in [0.05, 0.1) is 23.9 Å². The van der Waals surface area contributed by atoms with Gasteiger partial charge in [-0.1, -0.05) is 37.6 Å². The predicted molar refractivity (Wildman–Crippen MR) is 127 cm³/mol. The van der Waals surface area contributed by atoms with E-state index in [0.29, 0.717) is 12.3 Å². The number of aliphatic hydroxyl groups is 1. The smallest absolute Gasteiger partial charge is 0.224 e. The third-order valence-corrected chi connectivity index (χ3v) is 5.17. The zero-order valence-electron chi connectivity index (χ0n) is 18.4. The Morgan fingerprint density at radius 3 is 2.80 bits per heavy atom. The number of fused-ring (bicyclic) bond motifs is 1. The molecular weight excluding hydrogens is 374 g/mol. The summed E-state index contributed by atoms with van der Waals surface area (Å²) < 4.78 is 0. The molecule has 2 rings (SSSR count). The average molecular weight is 410 g/mol. The Bertz CT molecular complexity index is 872. The lowest BCUT2D eigenvalue weighted by Crippen LogP contribution is -2.23. The topological polar surface area (TPSA) is 74.2 Å². The molecule has 162 valence electrons. The molecule has 0 aliphatic heterocycles. The van der Waals surface area contributed by atoms with Gasteiger partial charge in [-0.25, -0.2) is 4.98 Å². The van der Waals surface area contributed by atoms with Crippen LogP contribution in [-0.4, -0.2) is 28.6 Å². The summed E-state index contributed by atoms with van der Waals surface area (Å²) in [5.41, 5.74) is 2.91. The maximum absolute atomic E-state index is 12.5. The van der Waals surface area contributed by atoms with Crippen LogP contribution in [0.25, 0.3) is 10.9 Å². The van der Waals surface area contributed by atoms with Crippen LogP contribution in [0, 0.1) is 5.92 Å². The number of nitrogens with one attached hydrogen (secondary N) is 2. The fourth-order valence-corrected chi connectivity index (χ4v) is 3.49. The van der Waals surface area contributed by atoms with Crippen LogP contribution in [0.2, 0.25) is 0 Å². The van der Waals surface area contributed by atoms with E-state index in [9.17, 15) is 9.90 Å². The third-order valence-electron chi connectivity index (χ3n) is 5.17. The number of aromatic nitrogens is 1. The monoisotopic (exact) mass is 409 g/mol. The van der Waals surface area contributed by atoms with Crippen LogP contribution in [0.3, 0.4) is 0 Å². The first kappa shape index (κ1) is 23.6. The van der Waals surface area contributed by atoms with Gasteiger partial charge in [-0.05, 0) is 62.8 Å². The highest BCUT2D eigenvalue weighted by molar-refractivity contribution is 6.01. The second-order valence-corrected chi connectivity index (χ2v) is 7.92. The summed E-state index contributed by atoms with van der Waals surface area (Å²) in [6.45, 7) is 10.2. The predicted octanol–water partition coefficient (Wildman–Crippen LogP) is 5.68. The highest BCUT2D eigenvalue weighted by atomic mass is 16.3. The highest BCUT2D eigenvalue weighted by Gasteiger charge is 2.10. The number of aliphatic hydroxyl groups excluding tert-OH is 1. The minimum atomic E-state index is -0.0179. The van der Waals surface area contributed by atoms with Crippen molar-refractivity contribution < 1.29 is 9.90 Å². The fraction of sp³-hybridized carbons (Fsp3) is 0.440. The molecule has 1 aromatic carbocycles. The number of allylic oxidation sites excluding steroid dienone is 3. The molecular formula is C25H35N3O2. The number of benzene rings is 1. The van der Waals surface area contributed by atoms with Crippen molar-refractivity contribution in [1.29, 1.82) is 0 Å². The van der Waals surface area contributed by atoms with Crippen LogP contribution in [0.5, 0.6) is 0 Å². The van der Waals surface area contributed by atoms with Gasteiger partial charge in [0.2, 0.25) is 5.91 Å². The molecule has 0 bridgehead atoms. The Morgan fingerprint density at radius 2 is 2.10 bits per heavy atom. The number of pyridine rings is 1. The molecule has 5 heteroatoms. The Labute approximate surface area is 180 Å². The zero-order chi connectivity index (χ0) is 21.9. The van der Waals surface area contributed by atoms with Crippen LogP contribution >= 0.6 is 0 Å². The van der Waals surface area contributed by atoms with Crippen molar-refractivity contribution in [3.05, 3.63) is 54.6 Å². The molecule has 0 aliphatic carbocycles. The molecule has 1 heterocycles. The molecule has 0 fully saturated rings. The summed E-state index contributed by atoms with van der Waals surface area (Å²) in [5.74, 6) is 1.20. The van der Waals surface area contributed by atoms with E-state index in [2.05, 4.69) is 42.1 Å². The normalized spacial score (nSPS) is 13.7. The van der Waals surface area contributed by atoms with Crippen molar-refractivity contribution >= 4 is 28.3 Å². The van der Waals surface area contributed by atoms with E-state index in [4.69, 9.17) is 0 Å². The summed E-state index contributed by atoms with van der Waals surface area (Å²) in [7, 11) is 0. The molecule has 5 nitrogen and oxygen atoms in total. The molecule has 3 N–H and O–H groups in total. The SMILES string of the molecule is C=CC/C(C)=C/C(C)CCCC(=O)Nc1cccc2nc(NC(CC)CO)ccc12. The molecule has 0 radical (unpaired) electrons. The van der Waals surface area contributed by atoms with Gasteiger partial charge in [-0.2, -0.15) is 0 Å². The molecule has 0 aliphatic rings. The van der Waals surface area contributed by atoms with Crippen LogP contribution in [0.15, 0.2) is 54.6 Å². The number of carbonyl (C=O) groups excluding carboxylic acids is 1. The number of hydrogen-bond acceptors (Lipinski definition) is 4. The van der Waals surface area contributed by atoms with Crippen LogP contribution in [0.4, 0.5) is 11.5 Å². The molecule has 2 aromatic rings. The second kappa shape index (κ2) is 12.1. The molecule has 2 unspecified atom stereocenters. The molecule has 0 saturated carbocycles. The zero-order valence-corrected chi connectivity index (χ0v) is 18.4. The second-order valence-electron chi connectivity index (χ2n) is 7.92. The lowest BCUT2D eigenvalue weighted by atomic mass is 10.00. The molecule has 0 saturated heterocycles. The van der Waals surface area contributed by atoms with E-state index in [1.165, 1.54) is 5.57 Å². The van der Waals surface area contributed by atoms with Gasteiger partial charge < -0.3 is 15.7 Å². The van der Waals surface area contributed by atoms with Gasteiger partial charge >= 0.3 is 0 Å². The van der Waals surface area contributed by atoms with Gasteiger partial charge in [0.1, 0.15) is 5.82 Å². The Morgan fingerprint density at radius 1 is 1.30 bits per heavy atom. The summed E-state index contributed by atoms with van der Waals surface area (Å²) >= 11 is 0.